The van der Waals surface area contributed by atoms with Crippen molar-refractivity contribution in [3.63, 3.8) is 0 Å². The molecule has 1 fully saturated rings. The Hall–Kier alpha value is -3.27. The summed E-state index contributed by atoms with van der Waals surface area (Å²) in [5, 5.41) is 0. The van der Waals surface area contributed by atoms with E-state index in [9.17, 15) is 0 Å². The normalized spacial score (nSPS) is 14.8. The lowest BCUT2D eigenvalue weighted by Gasteiger charge is -2.29. The van der Waals surface area contributed by atoms with Crippen LogP contribution in [0.2, 0.25) is 0 Å². The Bertz CT molecular complexity index is 1060. The van der Waals surface area contributed by atoms with Gasteiger partial charge in [-0.2, -0.15) is 0 Å². The maximum Gasteiger partial charge on any atom is 0.196 e. The van der Waals surface area contributed by atoms with E-state index in [0.717, 1.165) is 44.6 Å². The summed E-state index contributed by atoms with van der Waals surface area (Å²) in [5.74, 6) is 0.634. The van der Waals surface area contributed by atoms with Gasteiger partial charge in [0.1, 0.15) is 0 Å². The number of hydrogen-bond donors (Lipinski definition) is 1. The van der Waals surface area contributed by atoms with Crippen LogP contribution in [0.3, 0.4) is 0 Å². The Morgan fingerprint density at radius 1 is 0.778 bits per heavy atom. The van der Waals surface area contributed by atoms with Crippen molar-refractivity contribution >= 4 is 17.3 Å². The van der Waals surface area contributed by atoms with Gasteiger partial charge in [-0.05, 0) is 54.2 Å². The molecule has 0 aromatic heterocycles. The molecule has 1 saturated carbocycles. The van der Waals surface area contributed by atoms with E-state index in [1.807, 2.05) is 0 Å². The number of rotatable bonds is 8. The molecule has 4 nitrogen and oxygen atoms in total. The van der Waals surface area contributed by atoms with Crippen molar-refractivity contribution in [2.45, 2.75) is 64.3 Å². The first-order valence-electron chi connectivity index (χ1n) is 13.7. The summed E-state index contributed by atoms with van der Waals surface area (Å²) < 4.78 is 0. The predicted molar refractivity (Wildman–Crippen MR) is 154 cm³/mol. The van der Waals surface area contributed by atoms with Crippen LogP contribution in [0.15, 0.2) is 83.9 Å². The number of nitrogens with two attached hydrogens (primary N) is 1. The van der Waals surface area contributed by atoms with Gasteiger partial charge in [-0.25, -0.2) is 4.99 Å². The molecular weight excluding hydrogens is 440 g/mol. The van der Waals surface area contributed by atoms with E-state index >= 15 is 0 Å². The van der Waals surface area contributed by atoms with Gasteiger partial charge in [-0.3, -0.25) is 0 Å². The smallest absolute Gasteiger partial charge is 0.196 e. The number of aliphatic imine (C=N–C) groups is 1. The first-order valence-corrected chi connectivity index (χ1v) is 13.7. The lowest BCUT2D eigenvalue weighted by molar-refractivity contribution is 0.390. The molecule has 1 aliphatic carbocycles. The summed E-state index contributed by atoms with van der Waals surface area (Å²) >= 11 is 0. The number of fused-ring (bicyclic) bond motifs is 1. The molecular formula is C32H42N4. The Morgan fingerprint density at radius 2 is 1.42 bits per heavy atom. The third-order valence-electron chi connectivity index (χ3n) is 7.18. The molecule has 36 heavy (non-hydrogen) atoms. The van der Waals surface area contributed by atoms with Gasteiger partial charge in [-0.1, -0.05) is 99.2 Å². The van der Waals surface area contributed by atoms with Gasteiger partial charge in [0, 0.05) is 32.4 Å². The maximum absolute atomic E-state index is 6.25. The Labute approximate surface area is 217 Å². The fourth-order valence-electron chi connectivity index (χ4n) is 5.01. The average molecular weight is 483 g/mol. The van der Waals surface area contributed by atoms with E-state index in [4.69, 9.17) is 5.73 Å². The first kappa shape index (κ1) is 25.8. The Kier molecular flexibility index (Phi) is 9.84. The number of para-hydroxylation sites is 1. The molecule has 0 unspecified atom stereocenters. The molecule has 0 radical (unpaired) electrons. The molecule has 0 bridgehead atoms. The number of guanidine groups is 1. The molecule has 0 atom stereocenters. The minimum atomic E-state index is 0.634. The molecule has 0 saturated heterocycles. The third-order valence-corrected chi connectivity index (χ3v) is 7.18. The van der Waals surface area contributed by atoms with Crippen LogP contribution in [0.25, 0.3) is 0 Å². The second kappa shape index (κ2) is 13.7. The minimum absolute atomic E-state index is 0.634. The number of anilines is 1. The standard InChI is InChI=1S/C26H30N4.C6H12/c1-29(24-12-6-3-7-13-24)16-8-9-17-30-20-23-19-22(14-15-25(23)28-26(30)27)18-21-10-4-2-5-11-21;1-2-4-6-5-3-1/h2-7,10-15,19H,8-9,16-18,20H2,1H3,(H2,27,28);1-6H2. The summed E-state index contributed by atoms with van der Waals surface area (Å²) in [6.07, 6.45) is 12.2. The molecule has 1 aliphatic heterocycles. The minimum Gasteiger partial charge on any atom is -0.375 e. The van der Waals surface area contributed by atoms with Crippen molar-refractivity contribution in [3.8, 4) is 0 Å². The molecule has 0 amide bonds. The highest BCUT2D eigenvalue weighted by atomic mass is 15.3. The van der Waals surface area contributed by atoms with Gasteiger partial charge in [0.25, 0.3) is 0 Å². The van der Waals surface area contributed by atoms with Crippen molar-refractivity contribution in [3.05, 3.63) is 95.6 Å². The monoisotopic (exact) mass is 482 g/mol. The molecule has 5 rings (SSSR count). The van der Waals surface area contributed by atoms with Crippen LogP contribution in [-0.4, -0.2) is 31.0 Å². The first-order chi connectivity index (χ1) is 17.7. The number of unbranched alkanes of at least 4 members (excludes halogenated alkanes) is 1. The van der Waals surface area contributed by atoms with Crippen molar-refractivity contribution in [1.29, 1.82) is 0 Å². The zero-order chi connectivity index (χ0) is 25.0. The summed E-state index contributed by atoms with van der Waals surface area (Å²) in [7, 11) is 2.15. The van der Waals surface area contributed by atoms with Gasteiger partial charge in [-0.15, -0.1) is 0 Å². The van der Waals surface area contributed by atoms with Gasteiger partial charge < -0.3 is 15.5 Å². The topological polar surface area (TPSA) is 44.9 Å². The zero-order valence-corrected chi connectivity index (χ0v) is 21.9. The molecule has 2 N–H and O–H groups in total. The number of hydrogen-bond acceptors (Lipinski definition) is 4. The highest BCUT2D eigenvalue weighted by Crippen LogP contribution is 2.27. The molecule has 1 heterocycles. The molecule has 2 aliphatic rings. The van der Waals surface area contributed by atoms with Crippen LogP contribution in [0.4, 0.5) is 11.4 Å². The zero-order valence-electron chi connectivity index (χ0n) is 21.9. The van der Waals surface area contributed by atoms with Crippen LogP contribution in [0, 0.1) is 0 Å². The molecule has 4 heteroatoms. The highest BCUT2D eigenvalue weighted by molar-refractivity contribution is 5.83. The van der Waals surface area contributed by atoms with Gasteiger partial charge in [0.2, 0.25) is 0 Å². The molecule has 3 aromatic carbocycles. The summed E-state index contributed by atoms with van der Waals surface area (Å²) in [5.41, 5.74) is 12.4. The molecule has 190 valence electrons. The Balaban J connectivity index is 0.000000445. The largest absolute Gasteiger partial charge is 0.375 e. The number of benzene rings is 3. The lowest BCUT2D eigenvalue weighted by atomic mass is 10.0. The third kappa shape index (κ3) is 7.87. The molecule has 3 aromatic rings. The van der Waals surface area contributed by atoms with Gasteiger partial charge >= 0.3 is 0 Å². The van der Waals surface area contributed by atoms with Gasteiger partial charge in [0.05, 0.1) is 5.69 Å². The van der Waals surface area contributed by atoms with Crippen LogP contribution >= 0.6 is 0 Å². The predicted octanol–water partition coefficient (Wildman–Crippen LogP) is 7.30. The van der Waals surface area contributed by atoms with Gasteiger partial charge in [0.15, 0.2) is 5.96 Å². The Morgan fingerprint density at radius 3 is 2.08 bits per heavy atom. The van der Waals surface area contributed by atoms with Crippen LogP contribution in [0.5, 0.6) is 0 Å². The fraction of sp³-hybridized carbons (Fsp3) is 0.406. The SMILES string of the molecule is C1CCCCC1.CN(CCCCN1Cc2cc(Cc3ccccc3)ccc2N=C1N)c1ccccc1. The fourth-order valence-corrected chi connectivity index (χ4v) is 5.01. The van der Waals surface area contributed by atoms with E-state index in [0.29, 0.717) is 5.96 Å². The summed E-state index contributed by atoms with van der Waals surface area (Å²) in [4.78, 5) is 9.16. The quantitative estimate of drug-likeness (QED) is 0.343. The average Bonchev–Trinajstić information content (AvgIpc) is 2.93. The summed E-state index contributed by atoms with van der Waals surface area (Å²) in [6.45, 7) is 2.80. The van der Waals surface area contributed by atoms with Crippen molar-refractivity contribution in [2.75, 3.05) is 25.0 Å². The van der Waals surface area contributed by atoms with Crippen LogP contribution in [-0.2, 0) is 13.0 Å². The van der Waals surface area contributed by atoms with Crippen molar-refractivity contribution < 1.29 is 0 Å². The van der Waals surface area contributed by atoms with Crippen molar-refractivity contribution in [1.82, 2.24) is 4.90 Å². The lowest BCUT2D eigenvalue weighted by Crippen LogP contribution is -2.39. The number of nitrogens with zero attached hydrogens (tertiary/aromatic N) is 3. The second-order valence-electron chi connectivity index (χ2n) is 10.1. The van der Waals surface area contributed by atoms with Crippen LogP contribution in [0.1, 0.15) is 68.1 Å². The van der Waals surface area contributed by atoms with E-state index in [1.165, 1.54) is 60.9 Å². The summed E-state index contributed by atoms with van der Waals surface area (Å²) in [6, 6.07) is 27.7. The molecule has 0 spiro atoms. The van der Waals surface area contributed by atoms with Crippen LogP contribution < -0.4 is 10.6 Å². The van der Waals surface area contributed by atoms with Crippen molar-refractivity contribution in [2.24, 2.45) is 10.7 Å². The van der Waals surface area contributed by atoms with E-state index in [2.05, 4.69) is 101 Å². The van der Waals surface area contributed by atoms with E-state index in [1.54, 1.807) is 0 Å². The van der Waals surface area contributed by atoms with E-state index in [-0.39, 0.29) is 0 Å². The maximum atomic E-state index is 6.25. The second-order valence-corrected chi connectivity index (χ2v) is 10.1. The van der Waals surface area contributed by atoms with E-state index < -0.39 is 0 Å². The highest BCUT2D eigenvalue weighted by Gasteiger charge is 2.17.